The van der Waals surface area contributed by atoms with E-state index in [-0.39, 0.29) is 5.92 Å². The standard InChI is InChI=1S/C16H17NO4/c1-10(2)16(20)13-15(21-13,14(19)17-16)12(18)9-8-11-6-4-3-5-7-11/h3-10,13,20H,1-2H3,(H,17,19)/b9-8+/t13-,15+,16-/m1/s1. The van der Waals surface area contributed by atoms with Crippen LogP contribution in [0, 0.1) is 5.92 Å². The molecule has 3 atom stereocenters. The Morgan fingerprint density at radius 2 is 2.05 bits per heavy atom. The van der Waals surface area contributed by atoms with Crippen LogP contribution in [-0.4, -0.2) is 34.2 Å². The van der Waals surface area contributed by atoms with Gasteiger partial charge in [-0.25, -0.2) is 0 Å². The molecule has 21 heavy (non-hydrogen) atoms. The SMILES string of the molecule is CC(C)[C@]1(O)NC(=O)[C@@]2(C(=O)/C=C/c3ccccc3)O[C@H]21. The molecular weight excluding hydrogens is 270 g/mol. The van der Waals surface area contributed by atoms with Crippen LogP contribution in [0.25, 0.3) is 6.08 Å². The monoisotopic (exact) mass is 287 g/mol. The third-order valence-corrected chi connectivity index (χ3v) is 4.14. The Balaban J connectivity index is 1.81. The van der Waals surface area contributed by atoms with Crippen molar-refractivity contribution < 1.29 is 19.4 Å². The molecule has 0 aliphatic carbocycles. The van der Waals surface area contributed by atoms with Crippen molar-refractivity contribution >= 4 is 17.8 Å². The number of ketones is 1. The van der Waals surface area contributed by atoms with Crippen LogP contribution >= 0.6 is 0 Å². The lowest BCUT2D eigenvalue weighted by Gasteiger charge is -2.27. The summed E-state index contributed by atoms with van der Waals surface area (Å²) in [6.07, 6.45) is 2.15. The topological polar surface area (TPSA) is 78.9 Å². The van der Waals surface area contributed by atoms with Gasteiger partial charge in [-0.3, -0.25) is 9.59 Å². The van der Waals surface area contributed by atoms with Gasteiger partial charge in [0.05, 0.1) is 0 Å². The van der Waals surface area contributed by atoms with Crippen LogP contribution in [0.2, 0.25) is 0 Å². The van der Waals surface area contributed by atoms with Gasteiger partial charge < -0.3 is 15.2 Å². The van der Waals surface area contributed by atoms with Crippen molar-refractivity contribution in [3.63, 3.8) is 0 Å². The Morgan fingerprint density at radius 1 is 1.38 bits per heavy atom. The molecule has 0 unspecified atom stereocenters. The van der Waals surface area contributed by atoms with E-state index in [0.717, 1.165) is 5.56 Å². The maximum atomic E-state index is 12.3. The first-order valence-corrected chi connectivity index (χ1v) is 6.91. The Bertz CT molecular complexity index is 624. The number of ether oxygens (including phenoxy) is 1. The molecule has 5 nitrogen and oxygen atoms in total. The molecule has 2 aliphatic rings. The lowest BCUT2D eigenvalue weighted by atomic mass is 9.91. The second-order valence-electron chi connectivity index (χ2n) is 5.78. The van der Waals surface area contributed by atoms with Gasteiger partial charge in [0.15, 0.2) is 17.6 Å². The summed E-state index contributed by atoms with van der Waals surface area (Å²) in [6.45, 7) is 3.53. The van der Waals surface area contributed by atoms with Crippen molar-refractivity contribution in [2.24, 2.45) is 5.92 Å². The molecule has 2 heterocycles. The molecule has 3 rings (SSSR count). The Labute approximate surface area is 122 Å². The average Bonchev–Trinajstić information content (AvgIpc) is 3.18. The fraction of sp³-hybridized carbons (Fsp3) is 0.375. The second kappa shape index (κ2) is 4.51. The van der Waals surface area contributed by atoms with Crippen LogP contribution in [0.4, 0.5) is 0 Å². The van der Waals surface area contributed by atoms with E-state index in [1.807, 2.05) is 30.3 Å². The minimum atomic E-state index is -1.55. The smallest absolute Gasteiger partial charge is 0.265 e. The molecule has 110 valence electrons. The number of carbonyl (C=O) groups excluding carboxylic acids is 2. The number of fused-ring (bicyclic) bond motifs is 1. The van der Waals surface area contributed by atoms with Crippen molar-refractivity contribution in [2.75, 3.05) is 0 Å². The lowest BCUT2D eigenvalue weighted by molar-refractivity contribution is -0.139. The fourth-order valence-electron chi connectivity index (χ4n) is 2.67. The van der Waals surface area contributed by atoms with Gasteiger partial charge in [-0.2, -0.15) is 0 Å². The summed E-state index contributed by atoms with van der Waals surface area (Å²) in [7, 11) is 0. The Morgan fingerprint density at radius 3 is 2.57 bits per heavy atom. The molecule has 0 radical (unpaired) electrons. The number of amides is 1. The number of nitrogens with one attached hydrogen (secondary N) is 1. The number of epoxide rings is 1. The molecule has 0 spiro atoms. The highest BCUT2D eigenvalue weighted by atomic mass is 16.6. The average molecular weight is 287 g/mol. The zero-order valence-corrected chi connectivity index (χ0v) is 11.9. The highest BCUT2D eigenvalue weighted by Crippen LogP contribution is 2.51. The number of carbonyl (C=O) groups is 2. The van der Waals surface area contributed by atoms with Crippen molar-refractivity contribution in [1.29, 1.82) is 0 Å². The number of hydrogen-bond acceptors (Lipinski definition) is 4. The van der Waals surface area contributed by atoms with Gasteiger partial charge in [0, 0.05) is 5.92 Å². The van der Waals surface area contributed by atoms with Crippen LogP contribution in [0.5, 0.6) is 0 Å². The van der Waals surface area contributed by atoms with Crippen LogP contribution in [0.15, 0.2) is 36.4 Å². The molecule has 1 aromatic rings. The molecule has 1 aromatic carbocycles. The maximum Gasteiger partial charge on any atom is 0.265 e. The van der Waals surface area contributed by atoms with Gasteiger partial charge in [-0.1, -0.05) is 50.3 Å². The number of benzene rings is 1. The third kappa shape index (κ3) is 1.92. The summed E-state index contributed by atoms with van der Waals surface area (Å²) in [4.78, 5) is 24.4. The van der Waals surface area contributed by atoms with E-state index in [1.165, 1.54) is 6.08 Å². The zero-order valence-electron chi connectivity index (χ0n) is 11.9. The highest BCUT2D eigenvalue weighted by molar-refractivity contribution is 6.20. The summed E-state index contributed by atoms with van der Waals surface area (Å²) >= 11 is 0. The summed E-state index contributed by atoms with van der Waals surface area (Å²) in [5.74, 6) is -1.25. The molecule has 2 fully saturated rings. The molecule has 2 N–H and O–H groups in total. The van der Waals surface area contributed by atoms with Gasteiger partial charge in [-0.05, 0) is 11.6 Å². The highest BCUT2D eigenvalue weighted by Gasteiger charge is 2.80. The third-order valence-electron chi connectivity index (χ3n) is 4.14. The number of hydrogen-bond donors (Lipinski definition) is 2. The van der Waals surface area contributed by atoms with E-state index in [1.54, 1.807) is 19.9 Å². The molecule has 0 aromatic heterocycles. The molecule has 2 aliphatic heterocycles. The first kappa shape index (κ1) is 14.0. The predicted molar refractivity (Wildman–Crippen MR) is 76.0 cm³/mol. The van der Waals surface area contributed by atoms with Gasteiger partial charge in [0.1, 0.15) is 0 Å². The summed E-state index contributed by atoms with van der Waals surface area (Å²) in [5, 5.41) is 12.9. The summed E-state index contributed by atoms with van der Waals surface area (Å²) < 4.78 is 5.32. The van der Waals surface area contributed by atoms with E-state index < -0.39 is 29.1 Å². The van der Waals surface area contributed by atoms with Crippen molar-refractivity contribution in [2.45, 2.75) is 31.3 Å². The fourth-order valence-corrected chi connectivity index (χ4v) is 2.67. The van der Waals surface area contributed by atoms with Gasteiger partial charge in [0.25, 0.3) is 5.91 Å². The Kier molecular flexibility index (Phi) is 3.00. The maximum absolute atomic E-state index is 12.3. The van der Waals surface area contributed by atoms with Gasteiger partial charge in [0.2, 0.25) is 5.60 Å². The molecular formula is C16H17NO4. The molecule has 2 saturated heterocycles. The quantitative estimate of drug-likeness (QED) is 0.489. The molecule has 0 saturated carbocycles. The van der Waals surface area contributed by atoms with Crippen molar-refractivity contribution in [1.82, 2.24) is 5.32 Å². The summed E-state index contributed by atoms with van der Waals surface area (Å²) in [5.41, 5.74) is -2.17. The molecule has 0 bridgehead atoms. The first-order chi connectivity index (χ1) is 9.91. The summed E-state index contributed by atoms with van der Waals surface area (Å²) in [6, 6.07) is 9.31. The minimum Gasteiger partial charge on any atom is -0.368 e. The first-order valence-electron chi connectivity index (χ1n) is 6.91. The lowest BCUT2D eigenvalue weighted by Crippen LogP contribution is -2.52. The van der Waals surface area contributed by atoms with E-state index in [0.29, 0.717) is 0 Å². The van der Waals surface area contributed by atoms with Gasteiger partial charge >= 0.3 is 0 Å². The second-order valence-corrected chi connectivity index (χ2v) is 5.78. The van der Waals surface area contributed by atoms with E-state index in [9.17, 15) is 14.7 Å². The number of rotatable bonds is 4. The zero-order chi connectivity index (χ0) is 15.3. The van der Waals surface area contributed by atoms with Crippen LogP contribution < -0.4 is 5.32 Å². The van der Waals surface area contributed by atoms with Gasteiger partial charge in [-0.15, -0.1) is 0 Å². The molecule has 5 heteroatoms. The van der Waals surface area contributed by atoms with Crippen LogP contribution in [0.3, 0.4) is 0 Å². The van der Waals surface area contributed by atoms with E-state index in [4.69, 9.17) is 4.74 Å². The normalized spacial score (nSPS) is 34.1. The van der Waals surface area contributed by atoms with Crippen molar-refractivity contribution in [3.05, 3.63) is 42.0 Å². The minimum absolute atomic E-state index is 0.248. The number of morpholine rings is 1. The largest absolute Gasteiger partial charge is 0.368 e. The van der Waals surface area contributed by atoms with Crippen LogP contribution in [-0.2, 0) is 14.3 Å². The number of aliphatic hydroxyl groups is 1. The van der Waals surface area contributed by atoms with E-state index >= 15 is 0 Å². The van der Waals surface area contributed by atoms with Crippen molar-refractivity contribution in [3.8, 4) is 0 Å². The van der Waals surface area contributed by atoms with E-state index in [2.05, 4.69) is 5.32 Å². The Hall–Kier alpha value is -1.98. The molecule has 1 amide bonds. The van der Waals surface area contributed by atoms with Crippen LogP contribution in [0.1, 0.15) is 19.4 Å². The predicted octanol–water partition coefficient (Wildman–Crippen LogP) is 0.881.